The zero-order valence-corrected chi connectivity index (χ0v) is 20.3. The number of aromatic nitrogens is 3. The number of benzene rings is 2. The molecular weight excluding hydrogens is 458 g/mol. The number of rotatable bonds is 9. The van der Waals surface area contributed by atoms with Gasteiger partial charge in [-0.05, 0) is 50.1 Å². The smallest absolute Gasteiger partial charge is 0.252 e. The Balaban J connectivity index is 1.69. The van der Waals surface area contributed by atoms with E-state index in [9.17, 15) is 9.59 Å². The molecule has 0 fully saturated rings. The van der Waals surface area contributed by atoms with Crippen LogP contribution in [0.4, 0.5) is 5.69 Å². The molecule has 172 valence electrons. The highest BCUT2D eigenvalue weighted by Gasteiger charge is 2.21. The fourth-order valence-corrected chi connectivity index (χ4v) is 4.17. The molecule has 3 aromatic rings. The zero-order valence-electron chi connectivity index (χ0n) is 18.8. The highest BCUT2D eigenvalue weighted by atomic mass is 35.5. The van der Waals surface area contributed by atoms with Crippen molar-refractivity contribution >= 4 is 40.9 Å². The second-order valence-electron chi connectivity index (χ2n) is 7.55. The number of aryl methyl sites for hydroxylation is 2. The normalized spacial score (nSPS) is 11.6. The number of amides is 2. The first-order valence-electron chi connectivity index (χ1n) is 10.4. The molecule has 0 saturated carbocycles. The van der Waals surface area contributed by atoms with Gasteiger partial charge in [0.2, 0.25) is 5.91 Å². The van der Waals surface area contributed by atoms with Crippen LogP contribution in [0, 0.1) is 13.8 Å². The first kappa shape index (κ1) is 24.5. The quantitative estimate of drug-likeness (QED) is 0.332. The first-order chi connectivity index (χ1) is 15.8. The number of nitrogens with zero attached hydrogens (tertiary/aromatic N) is 3. The molecule has 0 aliphatic rings. The maximum Gasteiger partial charge on any atom is 0.252 e. The Labute approximate surface area is 202 Å². The standard InChI is InChI=1S/C24H26ClN5O2S/c1-5-12-30-22(17(4)26-23(32)19-9-7-6-8-15(19)2)28-29-24(30)33-14-21(31)27-20-13-18(25)11-10-16(20)3/h5-11,13,17H,1,12,14H2,2-4H3,(H,26,32)(H,27,31)/t17-/m1/s1. The van der Waals surface area contributed by atoms with Crippen LogP contribution in [-0.4, -0.2) is 32.3 Å². The third-order valence-corrected chi connectivity index (χ3v) is 6.19. The van der Waals surface area contributed by atoms with Crippen molar-refractivity contribution in [3.05, 3.63) is 82.7 Å². The molecule has 0 aliphatic carbocycles. The van der Waals surface area contributed by atoms with Crippen LogP contribution in [0.15, 0.2) is 60.3 Å². The largest absolute Gasteiger partial charge is 0.342 e. The molecule has 3 rings (SSSR count). The molecule has 0 saturated heterocycles. The lowest BCUT2D eigenvalue weighted by Gasteiger charge is -2.16. The van der Waals surface area contributed by atoms with Crippen molar-refractivity contribution in [2.24, 2.45) is 0 Å². The second kappa shape index (κ2) is 11.2. The van der Waals surface area contributed by atoms with Crippen LogP contribution in [0.2, 0.25) is 5.02 Å². The van der Waals surface area contributed by atoms with Crippen LogP contribution < -0.4 is 10.6 Å². The van der Waals surface area contributed by atoms with E-state index in [4.69, 9.17) is 11.6 Å². The lowest BCUT2D eigenvalue weighted by molar-refractivity contribution is -0.113. The van der Waals surface area contributed by atoms with Crippen LogP contribution >= 0.6 is 23.4 Å². The van der Waals surface area contributed by atoms with Gasteiger partial charge in [-0.15, -0.1) is 16.8 Å². The summed E-state index contributed by atoms with van der Waals surface area (Å²) in [6, 6.07) is 12.4. The fourth-order valence-electron chi connectivity index (χ4n) is 3.24. The van der Waals surface area contributed by atoms with E-state index in [0.717, 1.165) is 11.1 Å². The van der Waals surface area contributed by atoms with Crippen LogP contribution in [0.5, 0.6) is 0 Å². The van der Waals surface area contributed by atoms with Gasteiger partial charge in [0.15, 0.2) is 11.0 Å². The average molecular weight is 484 g/mol. The van der Waals surface area contributed by atoms with Gasteiger partial charge < -0.3 is 15.2 Å². The summed E-state index contributed by atoms with van der Waals surface area (Å²) >= 11 is 7.29. The number of hydrogen-bond acceptors (Lipinski definition) is 5. The monoisotopic (exact) mass is 483 g/mol. The van der Waals surface area contributed by atoms with Crippen molar-refractivity contribution < 1.29 is 9.59 Å². The maximum atomic E-state index is 12.7. The van der Waals surface area contributed by atoms with Crippen LogP contribution in [0.3, 0.4) is 0 Å². The lowest BCUT2D eigenvalue weighted by Crippen LogP contribution is -2.29. The molecule has 0 radical (unpaired) electrons. The van der Waals surface area contributed by atoms with Crippen LogP contribution in [0.1, 0.15) is 40.3 Å². The lowest BCUT2D eigenvalue weighted by atomic mass is 10.1. The summed E-state index contributed by atoms with van der Waals surface area (Å²) in [4.78, 5) is 25.2. The van der Waals surface area contributed by atoms with Gasteiger partial charge in [-0.2, -0.15) is 0 Å². The summed E-state index contributed by atoms with van der Waals surface area (Å²) in [5.41, 5.74) is 3.11. The van der Waals surface area contributed by atoms with Gasteiger partial charge in [-0.25, -0.2) is 0 Å². The van der Waals surface area contributed by atoms with E-state index in [-0.39, 0.29) is 23.6 Å². The molecule has 1 heterocycles. The molecule has 9 heteroatoms. The number of anilines is 1. The van der Waals surface area contributed by atoms with Gasteiger partial charge in [-0.1, -0.05) is 53.7 Å². The number of nitrogens with one attached hydrogen (secondary N) is 2. The van der Waals surface area contributed by atoms with Gasteiger partial charge in [0, 0.05) is 22.8 Å². The molecule has 0 aliphatic heterocycles. The zero-order chi connectivity index (χ0) is 24.0. The summed E-state index contributed by atoms with van der Waals surface area (Å²) in [6.45, 7) is 9.90. The Hall–Kier alpha value is -3.10. The summed E-state index contributed by atoms with van der Waals surface area (Å²) < 4.78 is 1.85. The van der Waals surface area contributed by atoms with E-state index < -0.39 is 0 Å². The van der Waals surface area contributed by atoms with Gasteiger partial charge in [0.1, 0.15) is 0 Å². The van der Waals surface area contributed by atoms with Gasteiger partial charge in [0.05, 0.1) is 11.8 Å². The number of hydrogen-bond donors (Lipinski definition) is 2. The van der Waals surface area contributed by atoms with E-state index in [1.807, 2.05) is 49.6 Å². The molecule has 0 unspecified atom stereocenters. The number of carbonyl (C=O) groups excluding carboxylic acids is 2. The Bertz CT molecular complexity index is 1180. The predicted octanol–water partition coefficient (Wildman–Crippen LogP) is 4.96. The fraction of sp³-hybridized carbons (Fsp3) is 0.250. The molecule has 1 aromatic heterocycles. The number of allylic oxidation sites excluding steroid dienone is 1. The molecule has 1 atom stereocenters. The molecule has 2 N–H and O–H groups in total. The topological polar surface area (TPSA) is 88.9 Å². The Morgan fingerprint density at radius 2 is 1.94 bits per heavy atom. The predicted molar refractivity (Wildman–Crippen MR) is 133 cm³/mol. The van der Waals surface area contributed by atoms with E-state index in [1.165, 1.54) is 11.8 Å². The van der Waals surface area contributed by atoms with Gasteiger partial charge in [-0.3, -0.25) is 9.59 Å². The number of halogens is 1. The Kier molecular flexibility index (Phi) is 8.30. The summed E-state index contributed by atoms with van der Waals surface area (Å²) in [6.07, 6.45) is 1.72. The highest BCUT2D eigenvalue weighted by molar-refractivity contribution is 7.99. The third kappa shape index (κ3) is 6.24. The summed E-state index contributed by atoms with van der Waals surface area (Å²) in [5.74, 6) is 0.371. The van der Waals surface area contributed by atoms with Crippen molar-refractivity contribution in [2.45, 2.75) is 38.5 Å². The van der Waals surface area contributed by atoms with E-state index >= 15 is 0 Å². The minimum atomic E-state index is -0.387. The van der Waals surface area contributed by atoms with Crippen molar-refractivity contribution in [1.82, 2.24) is 20.1 Å². The third-order valence-electron chi connectivity index (χ3n) is 4.99. The number of thioether (sulfide) groups is 1. The van der Waals surface area contributed by atoms with E-state index in [2.05, 4.69) is 27.4 Å². The van der Waals surface area contributed by atoms with E-state index in [1.54, 1.807) is 24.3 Å². The van der Waals surface area contributed by atoms with Crippen molar-refractivity contribution in [3.63, 3.8) is 0 Å². The molecule has 0 spiro atoms. The molecule has 2 amide bonds. The second-order valence-corrected chi connectivity index (χ2v) is 8.93. The Morgan fingerprint density at radius 3 is 2.67 bits per heavy atom. The van der Waals surface area contributed by atoms with Crippen molar-refractivity contribution in [3.8, 4) is 0 Å². The molecule has 0 bridgehead atoms. The molecule has 33 heavy (non-hydrogen) atoms. The number of carbonyl (C=O) groups is 2. The SMILES string of the molecule is C=CCn1c(SCC(=O)Nc2cc(Cl)ccc2C)nnc1[C@@H](C)NC(=O)c1ccccc1C. The minimum Gasteiger partial charge on any atom is -0.342 e. The molecule has 7 nitrogen and oxygen atoms in total. The van der Waals surface area contributed by atoms with Crippen molar-refractivity contribution in [1.29, 1.82) is 0 Å². The summed E-state index contributed by atoms with van der Waals surface area (Å²) in [5, 5.41) is 15.5. The average Bonchev–Trinajstić information content (AvgIpc) is 3.18. The molecular formula is C24H26ClN5O2S. The van der Waals surface area contributed by atoms with Gasteiger partial charge >= 0.3 is 0 Å². The highest BCUT2D eigenvalue weighted by Crippen LogP contribution is 2.23. The Morgan fingerprint density at radius 1 is 1.18 bits per heavy atom. The van der Waals surface area contributed by atoms with Crippen LogP contribution in [-0.2, 0) is 11.3 Å². The summed E-state index contributed by atoms with van der Waals surface area (Å²) in [7, 11) is 0. The minimum absolute atomic E-state index is 0.144. The van der Waals surface area contributed by atoms with Crippen LogP contribution in [0.25, 0.3) is 0 Å². The first-order valence-corrected chi connectivity index (χ1v) is 11.8. The maximum absolute atomic E-state index is 12.7. The van der Waals surface area contributed by atoms with E-state index in [0.29, 0.717) is 33.8 Å². The van der Waals surface area contributed by atoms with Crippen molar-refractivity contribution in [2.75, 3.05) is 11.1 Å². The van der Waals surface area contributed by atoms with Gasteiger partial charge in [0.25, 0.3) is 5.91 Å². The molecule has 2 aromatic carbocycles.